The molecular weight excluding hydrogens is 753 g/mol. The van der Waals surface area contributed by atoms with Gasteiger partial charge in [0.1, 0.15) is 0 Å². The molecule has 3 heterocycles. The minimum Gasteiger partial charge on any atom is -0.309 e. The van der Waals surface area contributed by atoms with E-state index in [0.29, 0.717) is 5.82 Å². The molecular formula is C58H36N4. The lowest BCUT2D eigenvalue weighted by molar-refractivity contribution is 1.17. The first-order chi connectivity index (χ1) is 30.7. The molecule has 0 saturated heterocycles. The molecule has 10 aromatic carbocycles. The van der Waals surface area contributed by atoms with Gasteiger partial charge in [-0.15, -0.1) is 0 Å². The van der Waals surface area contributed by atoms with Gasteiger partial charge in [0.15, 0.2) is 5.82 Å². The number of para-hydroxylation sites is 1. The molecule has 0 saturated carbocycles. The van der Waals surface area contributed by atoms with Crippen molar-refractivity contribution in [2.45, 2.75) is 0 Å². The van der Waals surface area contributed by atoms with Crippen LogP contribution in [0, 0.1) is 0 Å². The molecule has 0 spiro atoms. The first kappa shape index (κ1) is 34.5. The number of aromatic nitrogens is 4. The summed E-state index contributed by atoms with van der Waals surface area (Å²) in [6.07, 6.45) is 0. The lowest BCUT2D eigenvalue weighted by Crippen LogP contribution is -1.98. The number of fused-ring (bicyclic) bond motifs is 10. The normalized spacial score (nSPS) is 11.9. The number of nitrogens with zero attached hydrogens (tertiary/aromatic N) is 4. The summed E-state index contributed by atoms with van der Waals surface area (Å²) < 4.78 is 4.90. The topological polar surface area (TPSA) is 35.6 Å². The van der Waals surface area contributed by atoms with E-state index in [-0.39, 0.29) is 0 Å². The SMILES string of the molecule is c1ccc(-c2cc(-c3ccccc3)nc(-c3cccc4cc(-n5c6ccccc6c6cc7c8c9ccccc9ccc8n(-c8ccc9ccccc9c8)c7cc65)ccc34)n2)cc1. The van der Waals surface area contributed by atoms with E-state index in [4.69, 9.17) is 9.97 Å². The lowest BCUT2D eigenvalue weighted by Gasteiger charge is -2.13. The van der Waals surface area contributed by atoms with Gasteiger partial charge in [0, 0.05) is 49.6 Å². The van der Waals surface area contributed by atoms with Crippen molar-refractivity contribution in [2.24, 2.45) is 0 Å². The zero-order valence-electron chi connectivity index (χ0n) is 33.6. The van der Waals surface area contributed by atoms with E-state index in [9.17, 15) is 0 Å². The van der Waals surface area contributed by atoms with Gasteiger partial charge >= 0.3 is 0 Å². The third-order valence-corrected chi connectivity index (χ3v) is 12.7. The third-order valence-electron chi connectivity index (χ3n) is 12.7. The Morgan fingerprint density at radius 2 is 0.871 bits per heavy atom. The van der Waals surface area contributed by atoms with Crippen LogP contribution in [0.4, 0.5) is 0 Å². The summed E-state index contributed by atoms with van der Waals surface area (Å²) in [5.74, 6) is 0.705. The van der Waals surface area contributed by atoms with Gasteiger partial charge in [-0.05, 0) is 86.9 Å². The van der Waals surface area contributed by atoms with E-state index >= 15 is 0 Å². The highest BCUT2D eigenvalue weighted by Gasteiger charge is 2.21. The average molecular weight is 789 g/mol. The Morgan fingerprint density at radius 1 is 0.290 bits per heavy atom. The molecule has 4 nitrogen and oxygen atoms in total. The molecule has 0 unspecified atom stereocenters. The second kappa shape index (κ2) is 13.6. The van der Waals surface area contributed by atoms with Gasteiger partial charge in [0.25, 0.3) is 0 Å². The van der Waals surface area contributed by atoms with E-state index in [1.807, 2.05) is 12.1 Å². The fraction of sp³-hybridized carbons (Fsp3) is 0. The molecule has 0 atom stereocenters. The van der Waals surface area contributed by atoms with Crippen molar-refractivity contribution in [3.63, 3.8) is 0 Å². The van der Waals surface area contributed by atoms with Gasteiger partial charge in [-0.2, -0.15) is 0 Å². The zero-order chi connectivity index (χ0) is 40.7. The monoisotopic (exact) mass is 788 g/mol. The third kappa shape index (κ3) is 5.33. The van der Waals surface area contributed by atoms with Crippen LogP contribution in [0.15, 0.2) is 218 Å². The maximum atomic E-state index is 5.20. The molecule has 0 N–H and O–H groups in total. The van der Waals surface area contributed by atoms with Crippen molar-refractivity contribution in [1.82, 2.24) is 19.1 Å². The van der Waals surface area contributed by atoms with Gasteiger partial charge in [-0.25, -0.2) is 9.97 Å². The predicted octanol–water partition coefficient (Wildman–Crippen LogP) is 15.1. The van der Waals surface area contributed by atoms with Crippen molar-refractivity contribution in [1.29, 1.82) is 0 Å². The number of hydrogen-bond acceptors (Lipinski definition) is 2. The van der Waals surface area contributed by atoms with Crippen LogP contribution in [0.3, 0.4) is 0 Å². The fourth-order valence-corrected chi connectivity index (χ4v) is 9.81. The first-order valence-electron chi connectivity index (χ1n) is 21.2. The molecule has 62 heavy (non-hydrogen) atoms. The van der Waals surface area contributed by atoms with Crippen molar-refractivity contribution in [3.05, 3.63) is 218 Å². The Bertz CT molecular complexity index is 3860. The van der Waals surface area contributed by atoms with E-state index in [1.165, 1.54) is 59.6 Å². The standard InChI is InChI=1S/C58H36N4/c1-3-16-39(17-4-1)51-35-52(40-18-5-2-6-19-40)60-58(59-51)48-24-13-21-42-33-44(29-30-45(42)48)61-53-25-12-11-23-47(53)49-34-50-56(36-55(49)61)62(43-28-26-37-14-7-8-20-41(37)32-43)54-31-27-38-15-9-10-22-46(38)57(50)54/h1-36H. The predicted molar refractivity (Wildman–Crippen MR) is 260 cm³/mol. The van der Waals surface area contributed by atoms with Gasteiger partial charge in [-0.3, -0.25) is 0 Å². The van der Waals surface area contributed by atoms with Gasteiger partial charge < -0.3 is 9.13 Å². The van der Waals surface area contributed by atoms with Crippen LogP contribution in [0.25, 0.3) is 121 Å². The Morgan fingerprint density at radius 3 is 1.65 bits per heavy atom. The number of benzene rings is 10. The maximum Gasteiger partial charge on any atom is 0.161 e. The Balaban J connectivity index is 1.05. The highest BCUT2D eigenvalue weighted by atomic mass is 15.0. The summed E-state index contributed by atoms with van der Waals surface area (Å²) >= 11 is 0. The minimum absolute atomic E-state index is 0.705. The summed E-state index contributed by atoms with van der Waals surface area (Å²) in [7, 11) is 0. The fourth-order valence-electron chi connectivity index (χ4n) is 9.81. The van der Waals surface area contributed by atoms with Crippen LogP contribution in [-0.2, 0) is 0 Å². The summed E-state index contributed by atoms with van der Waals surface area (Å²) in [5.41, 5.74) is 11.9. The molecule has 288 valence electrons. The van der Waals surface area contributed by atoms with Crippen molar-refractivity contribution >= 4 is 75.9 Å². The molecule has 0 radical (unpaired) electrons. The molecule has 0 aliphatic heterocycles. The Kier molecular flexibility index (Phi) is 7.57. The molecule has 13 aromatic rings. The minimum atomic E-state index is 0.705. The first-order valence-corrected chi connectivity index (χ1v) is 21.2. The number of hydrogen-bond donors (Lipinski definition) is 0. The van der Waals surface area contributed by atoms with Crippen LogP contribution in [-0.4, -0.2) is 19.1 Å². The van der Waals surface area contributed by atoms with E-state index < -0.39 is 0 Å². The molecule has 3 aromatic heterocycles. The van der Waals surface area contributed by atoms with E-state index in [2.05, 4.69) is 215 Å². The molecule has 13 rings (SSSR count). The molecule has 0 fully saturated rings. The second-order valence-electron chi connectivity index (χ2n) is 16.2. The Hall–Kier alpha value is -8.34. The molecule has 0 bridgehead atoms. The van der Waals surface area contributed by atoms with Gasteiger partial charge in [0.2, 0.25) is 0 Å². The zero-order valence-corrected chi connectivity index (χ0v) is 33.6. The smallest absolute Gasteiger partial charge is 0.161 e. The maximum absolute atomic E-state index is 5.20. The molecule has 0 amide bonds. The van der Waals surface area contributed by atoms with Gasteiger partial charge in [-0.1, -0.05) is 164 Å². The second-order valence-corrected chi connectivity index (χ2v) is 16.2. The summed E-state index contributed by atoms with van der Waals surface area (Å²) in [5, 5.41) is 12.2. The quantitative estimate of drug-likeness (QED) is 0.174. The van der Waals surface area contributed by atoms with Crippen LogP contribution < -0.4 is 0 Å². The molecule has 0 aliphatic carbocycles. The highest BCUT2D eigenvalue weighted by Crippen LogP contribution is 2.43. The van der Waals surface area contributed by atoms with Crippen LogP contribution in [0.5, 0.6) is 0 Å². The Labute approximate surface area is 357 Å². The summed E-state index contributed by atoms with van der Waals surface area (Å²) in [6, 6.07) is 78.6. The van der Waals surface area contributed by atoms with Crippen molar-refractivity contribution in [3.8, 4) is 45.3 Å². The van der Waals surface area contributed by atoms with Crippen LogP contribution >= 0.6 is 0 Å². The largest absolute Gasteiger partial charge is 0.309 e. The average Bonchev–Trinajstić information content (AvgIpc) is 3.85. The molecule has 0 aliphatic rings. The van der Waals surface area contributed by atoms with Crippen molar-refractivity contribution < 1.29 is 0 Å². The number of rotatable bonds is 5. The summed E-state index contributed by atoms with van der Waals surface area (Å²) in [6.45, 7) is 0. The highest BCUT2D eigenvalue weighted by molar-refractivity contribution is 6.25. The van der Waals surface area contributed by atoms with Crippen molar-refractivity contribution in [2.75, 3.05) is 0 Å². The molecule has 4 heteroatoms. The van der Waals surface area contributed by atoms with E-state index in [1.54, 1.807) is 0 Å². The van der Waals surface area contributed by atoms with E-state index in [0.717, 1.165) is 55.7 Å². The summed E-state index contributed by atoms with van der Waals surface area (Å²) in [4.78, 5) is 10.4. The van der Waals surface area contributed by atoms with Crippen LogP contribution in [0.2, 0.25) is 0 Å². The lowest BCUT2D eigenvalue weighted by atomic mass is 10.0. The van der Waals surface area contributed by atoms with Gasteiger partial charge in [0.05, 0.1) is 33.5 Å². The van der Waals surface area contributed by atoms with Crippen LogP contribution in [0.1, 0.15) is 0 Å².